The maximum atomic E-state index is 11.6. The van der Waals surface area contributed by atoms with Crippen LogP contribution in [0.4, 0.5) is 5.69 Å². The molecule has 0 bridgehead atoms. The number of benzene rings is 1. The van der Waals surface area contributed by atoms with Crippen molar-refractivity contribution in [2.75, 3.05) is 11.4 Å². The minimum atomic E-state index is 0.166. The maximum absolute atomic E-state index is 11.6. The lowest BCUT2D eigenvalue weighted by atomic mass is 10.2. The minimum absolute atomic E-state index is 0.166. The highest BCUT2D eigenvalue weighted by molar-refractivity contribution is 5.95. The first-order chi connectivity index (χ1) is 9.24. The van der Waals surface area contributed by atoms with Crippen molar-refractivity contribution in [3.8, 4) is 0 Å². The van der Waals surface area contributed by atoms with Crippen LogP contribution in [-0.4, -0.2) is 18.4 Å². The van der Waals surface area contributed by atoms with E-state index in [1.807, 2.05) is 29.2 Å². The lowest BCUT2D eigenvalue weighted by Gasteiger charge is -2.16. The fourth-order valence-electron chi connectivity index (χ4n) is 2.39. The van der Waals surface area contributed by atoms with E-state index in [1.54, 1.807) is 0 Å². The van der Waals surface area contributed by atoms with Crippen LogP contribution in [-0.2, 0) is 16.1 Å². The van der Waals surface area contributed by atoms with Gasteiger partial charge in [-0.3, -0.25) is 9.59 Å². The number of anilines is 1. The van der Waals surface area contributed by atoms with E-state index >= 15 is 0 Å². The van der Waals surface area contributed by atoms with Gasteiger partial charge < -0.3 is 10.2 Å². The SMILES string of the molecule is O=C(NCc1ccc(N2CCCC2=O)cc1)C1CC1. The summed E-state index contributed by atoms with van der Waals surface area (Å²) in [6.45, 7) is 1.39. The third kappa shape index (κ3) is 2.78. The Morgan fingerprint density at radius 2 is 2.00 bits per heavy atom. The first-order valence-electron chi connectivity index (χ1n) is 6.91. The fraction of sp³-hybridized carbons (Fsp3) is 0.467. The smallest absolute Gasteiger partial charge is 0.227 e. The molecule has 0 spiro atoms. The average molecular weight is 258 g/mol. The van der Waals surface area contributed by atoms with Crippen LogP contribution in [0.3, 0.4) is 0 Å². The quantitative estimate of drug-likeness (QED) is 0.896. The third-order valence-electron chi connectivity index (χ3n) is 3.74. The summed E-state index contributed by atoms with van der Waals surface area (Å²) < 4.78 is 0. The number of amides is 2. The van der Waals surface area contributed by atoms with Crippen LogP contribution in [0.5, 0.6) is 0 Å². The van der Waals surface area contributed by atoms with E-state index in [2.05, 4.69) is 5.32 Å². The molecule has 1 saturated heterocycles. The van der Waals surface area contributed by atoms with Gasteiger partial charge in [0.1, 0.15) is 0 Å². The van der Waals surface area contributed by atoms with Crippen molar-refractivity contribution in [3.63, 3.8) is 0 Å². The van der Waals surface area contributed by atoms with E-state index in [4.69, 9.17) is 0 Å². The standard InChI is InChI=1S/C15H18N2O2/c18-14-2-1-9-17(14)13-7-3-11(4-8-13)10-16-15(19)12-5-6-12/h3-4,7-8,12H,1-2,5-6,9-10H2,(H,16,19). The molecule has 4 heteroatoms. The summed E-state index contributed by atoms with van der Waals surface area (Å²) in [4.78, 5) is 25.0. The number of carbonyl (C=O) groups excluding carboxylic acids is 2. The second kappa shape index (κ2) is 5.03. The summed E-state index contributed by atoms with van der Waals surface area (Å²) in [5, 5.41) is 2.94. The van der Waals surface area contributed by atoms with E-state index in [0.29, 0.717) is 13.0 Å². The Morgan fingerprint density at radius 3 is 2.58 bits per heavy atom. The lowest BCUT2D eigenvalue weighted by molar-refractivity contribution is -0.122. The van der Waals surface area contributed by atoms with Gasteiger partial charge in [-0.25, -0.2) is 0 Å². The molecule has 1 N–H and O–H groups in total. The van der Waals surface area contributed by atoms with Gasteiger partial charge in [-0.1, -0.05) is 12.1 Å². The molecule has 1 aliphatic heterocycles. The zero-order valence-electron chi connectivity index (χ0n) is 10.9. The second-order valence-corrected chi connectivity index (χ2v) is 5.31. The summed E-state index contributed by atoms with van der Waals surface area (Å²) in [5.74, 6) is 0.620. The van der Waals surface area contributed by atoms with Crippen LogP contribution in [0, 0.1) is 5.92 Å². The van der Waals surface area contributed by atoms with Crippen LogP contribution in [0.2, 0.25) is 0 Å². The van der Waals surface area contributed by atoms with Gasteiger partial charge >= 0.3 is 0 Å². The first-order valence-corrected chi connectivity index (χ1v) is 6.91. The van der Waals surface area contributed by atoms with Gasteiger partial charge in [-0.05, 0) is 37.0 Å². The third-order valence-corrected chi connectivity index (χ3v) is 3.74. The maximum Gasteiger partial charge on any atom is 0.227 e. The average Bonchev–Trinajstić information content (AvgIpc) is 3.19. The molecular formula is C15H18N2O2. The Morgan fingerprint density at radius 1 is 1.26 bits per heavy atom. The molecule has 0 unspecified atom stereocenters. The van der Waals surface area contributed by atoms with Crippen LogP contribution >= 0.6 is 0 Å². The molecule has 2 aliphatic rings. The summed E-state index contributed by atoms with van der Waals surface area (Å²) in [6.07, 6.45) is 3.65. The van der Waals surface area contributed by atoms with E-state index in [-0.39, 0.29) is 17.7 Å². The summed E-state index contributed by atoms with van der Waals surface area (Å²) in [7, 11) is 0. The molecule has 4 nitrogen and oxygen atoms in total. The molecule has 0 radical (unpaired) electrons. The van der Waals surface area contributed by atoms with Crippen LogP contribution in [0.15, 0.2) is 24.3 Å². The van der Waals surface area contributed by atoms with Crippen molar-refractivity contribution in [2.45, 2.75) is 32.2 Å². The van der Waals surface area contributed by atoms with Crippen molar-refractivity contribution in [2.24, 2.45) is 5.92 Å². The molecule has 1 aromatic carbocycles. The molecule has 1 aliphatic carbocycles. The van der Waals surface area contributed by atoms with Crippen molar-refractivity contribution < 1.29 is 9.59 Å². The Kier molecular flexibility index (Phi) is 3.23. The summed E-state index contributed by atoms with van der Waals surface area (Å²) in [6, 6.07) is 7.88. The van der Waals surface area contributed by atoms with E-state index in [1.165, 1.54) is 0 Å². The lowest BCUT2D eigenvalue weighted by Crippen LogP contribution is -2.25. The topological polar surface area (TPSA) is 49.4 Å². The van der Waals surface area contributed by atoms with Crippen molar-refractivity contribution >= 4 is 17.5 Å². The van der Waals surface area contributed by atoms with E-state index < -0.39 is 0 Å². The Labute approximate surface area is 112 Å². The predicted molar refractivity (Wildman–Crippen MR) is 72.6 cm³/mol. The number of nitrogens with one attached hydrogen (secondary N) is 1. The highest BCUT2D eigenvalue weighted by Gasteiger charge is 2.29. The second-order valence-electron chi connectivity index (χ2n) is 5.31. The minimum Gasteiger partial charge on any atom is -0.352 e. The highest BCUT2D eigenvalue weighted by Crippen LogP contribution is 2.28. The number of hydrogen-bond acceptors (Lipinski definition) is 2. The van der Waals surface area contributed by atoms with Crippen molar-refractivity contribution in [1.82, 2.24) is 5.32 Å². The molecular weight excluding hydrogens is 240 g/mol. The molecule has 100 valence electrons. The molecule has 0 aromatic heterocycles. The van der Waals surface area contributed by atoms with Gasteiger partial charge in [0.15, 0.2) is 0 Å². The largest absolute Gasteiger partial charge is 0.352 e. The monoisotopic (exact) mass is 258 g/mol. The molecule has 1 heterocycles. The normalized spacial score (nSPS) is 18.7. The molecule has 1 saturated carbocycles. The summed E-state index contributed by atoms with van der Waals surface area (Å²) in [5.41, 5.74) is 2.03. The first kappa shape index (κ1) is 12.2. The van der Waals surface area contributed by atoms with Gasteiger partial charge in [0.2, 0.25) is 11.8 Å². The van der Waals surface area contributed by atoms with Crippen LogP contribution in [0.1, 0.15) is 31.2 Å². The summed E-state index contributed by atoms with van der Waals surface area (Å²) >= 11 is 0. The number of carbonyl (C=O) groups is 2. The molecule has 3 rings (SSSR count). The number of rotatable bonds is 4. The molecule has 2 amide bonds. The number of hydrogen-bond donors (Lipinski definition) is 1. The molecule has 1 aromatic rings. The van der Waals surface area contributed by atoms with Gasteiger partial charge in [-0.15, -0.1) is 0 Å². The predicted octanol–water partition coefficient (Wildman–Crippen LogP) is 1.84. The highest BCUT2D eigenvalue weighted by atomic mass is 16.2. The molecule has 0 atom stereocenters. The van der Waals surface area contributed by atoms with Gasteiger partial charge in [-0.2, -0.15) is 0 Å². The zero-order valence-corrected chi connectivity index (χ0v) is 10.9. The van der Waals surface area contributed by atoms with Crippen molar-refractivity contribution in [3.05, 3.63) is 29.8 Å². The van der Waals surface area contributed by atoms with E-state index in [9.17, 15) is 9.59 Å². The van der Waals surface area contributed by atoms with E-state index in [0.717, 1.165) is 37.1 Å². The van der Waals surface area contributed by atoms with Crippen LogP contribution in [0.25, 0.3) is 0 Å². The Balaban J connectivity index is 1.58. The van der Waals surface area contributed by atoms with Gasteiger partial charge in [0.25, 0.3) is 0 Å². The van der Waals surface area contributed by atoms with Gasteiger partial charge in [0.05, 0.1) is 0 Å². The van der Waals surface area contributed by atoms with Crippen LogP contribution < -0.4 is 10.2 Å². The fourth-order valence-corrected chi connectivity index (χ4v) is 2.39. The zero-order chi connectivity index (χ0) is 13.2. The number of nitrogens with zero attached hydrogens (tertiary/aromatic N) is 1. The Bertz CT molecular complexity index is 491. The molecule has 19 heavy (non-hydrogen) atoms. The molecule has 2 fully saturated rings. The Hall–Kier alpha value is -1.84. The van der Waals surface area contributed by atoms with Gasteiger partial charge in [0, 0.05) is 31.1 Å². The van der Waals surface area contributed by atoms with Crippen molar-refractivity contribution in [1.29, 1.82) is 0 Å².